The van der Waals surface area contributed by atoms with E-state index in [1.807, 2.05) is 0 Å². The van der Waals surface area contributed by atoms with Crippen molar-refractivity contribution in [3.63, 3.8) is 0 Å². The molecule has 1 heterocycles. The van der Waals surface area contributed by atoms with Gasteiger partial charge in [-0.2, -0.15) is 0 Å². The van der Waals surface area contributed by atoms with Gasteiger partial charge in [-0.25, -0.2) is 0 Å². The number of carbonyl (C=O) groups excluding carboxylic acids is 4. The first kappa shape index (κ1) is 33.6. The van der Waals surface area contributed by atoms with Crippen molar-refractivity contribution in [1.29, 1.82) is 0 Å². The van der Waals surface area contributed by atoms with Gasteiger partial charge in [-0.05, 0) is 0 Å². The smallest absolute Gasteiger partial charge is 0.303 e. The van der Waals surface area contributed by atoms with Crippen LogP contribution in [0.15, 0.2) is 0 Å². The van der Waals surface area contributed by atoms with Crippen molar-refractivity contribution in [3.05, 3.63) is 0 Å². The molecule has 0 spiro atoms. The number of hydrogen-bond acceptors (Lipinski definition) is 14. The summed E-state index contributed by atoms with van der Waals surface area (Å²) in [6.45, 7) is 3.93. The zero-order chi connectivity index (χ0) is 28.5. The molecule has 1 aliphatic heterocycles. The molecule has 1 aliphatic rings. The number of ether oxygens (including phenoxy) is 8. The van der Waals surface area contributed by atoms with Gasteiger partial charge in [0.1, 0.15) is 24.9 Å². The van der Waals surface area contributed by atoms with E-state index in [9.17, 15) is 19.2 Å². The van der Waals surface area contributed by atoms with E-state index in [1.165, 1.54) is 6.92 Å². The molecule has 1 amide bonds. The lowest BCUT2D eigenvalue weighted by Gasteiger charge is -2.44. The summed E-state index contributed by atoms with van der Waals surface area (Å²) < 4.78 is 43.2. The number of rotatable bonds is 19. The van der Waals surface area contributed by atoms with Crippen molar-refractivity contribution in [2.24, 2.45) is 11.7 Å². The molecule has 0 radical (unpaired) electrons. The predicted octanol–water partition coefficient (Wildman–Crippen LogP) is -1.95. The molecular weight excluding hydrogens is 514 g/mol. The SMILES string of the molecule is CC(=O)OC[C@H]1O[C@@H](OCCOCCOCCOC[C@H](O)CO)[C@H](CC(N)=O)[C@@H](OC(C)=O)[C@H]1OC(C)=O. The van der Waals surface area contributed by atoms with Crippen molar-refractivity contribution >= 4 is 23.8 Å². The van der Waals surface area contributed by atoms with Crippen molar-refractivity contribution in [1.82, 2.24) is 0 Å². The molecule has 0 aromatic carbocycles. The van der Waals surface area contributed by atoms with Gasteiger partial charge in [0.25, 0.3) is 0 Å². The summed E-state index contributed by atoms with van der Waals surface area (Å²) in [6, 6.07) is 0. The van der Waals surface area contributed by atoms with Crippen molar-refractivity contribution in [3.8, 4) is 0 Å². The van der Waals surface area contributed by atoms with Gasteiger partial charge < -0.3 is 53.8 Å². The van der Waals surface area contributed by atoms with Crippen molar-refractivity contribution in [2.75, 3.05) is 59.5 Å². The van der Waals surface area contributed by atoms with Gasteiger partial charge in [-0.3, -0.25) is 19.2 Å². The molecule has 0 aromatic rings. The van der Waals surface area contributed by atoms with Crippen LogP contribution in [0.4, 0.5) is 0 Å². The fraction of sp³-hybridized carbons (Fsp3) is 0.826. The Kier molecular flexibility index (Phi) is 16.6. The maximum Gasteiger partial charge on any atom is 0.303 e. The summed E-state index contributed by atoms with van der Waals surface area (Å²) >= 11 is 0. The van der Waals surface area contributed by atoms with Crippen LogP contribution in [0.3, 0.4) is 0 Å². The van der Waals surface area contributed by atoms with E-state index in [1.54, 1.807) is 0 Å². The van der Waals surface area contributed by atoms with E-state index in [0.717, 1.165) is 13.8 Å². The zero-order valence-electron chi connectivity index (χ0n) is 21.9. The minimum Gasteiger partial charge on any atom is -0.463 e. The highest BCUT2D eigenvalue weighted by molar-refractivity contribution is 5.74. The van der Waals surface area contributed by atoms with E-state index in [4.69, 9.17) is 53.8 Å². The molecule has 1 saturated heterocycles. The summed E-state index contributed by atoms with van der Waals surface area (Å²) in [5.41, 5.74) is 5.39. The van der Waals surface area contributed by atoms with Gasteiger partial charge in [-0.1, -0.05) is 0 Å². The number of aliphatic hydroxyl groups is 2. The number of aliphatic hydroxyl groups excluding tert-OH is 2. The minimum atomic E-state index is -1.19. The van der Waals surface area contributed by atoms with Crippen LogP contribution in [0, 0.1) is 5.92 Å². The third kappa shape index (κ3) is 13.9. The van der Waals surface area contributed by atoms with Gasteiger partial charge in [0, 0.05) is 27.2 Å². The third-order valence-corrected chi connectivity index (χ3v) is 5.04. The lowest BCUT2D eigenvalue weighted by molar-refractivity contribution is -0.293. The monoisotopic (exact) mass is 553 g/mol. The van der Waals surface area contributed by atoms with Gasteiger partial charge in [-0.15, -0.1) is 0 Å². The topological polar surface area (TPSA) is 209 Å². The molecule has 0 saturated carbocycles. The number of nitrogens with two attached hydrogens (primary N) is 1. The average Bonchev–Trinajstić information content (AvgIpc) is 2.83. The highest BCUT2D eigenvalue weighted by Crippen LogP contribution is 2.34. The first-order chi connectivity index (χ1) is 18.0. The molecule has 38 heavy (non-hydrogen) atoms. The lowest BCUT2D eigenvalue weighted by Crippen LogP contribution is -2.60. The van der Waals surface area contributed by atoms with Crippen LogP contribution in [0.2, 0.25) is 0 Å². The van der Waals surface area contributed by atoms with E-state index in [0.29, 0.717) is 0 Å². The Bertz CT molecular complexity index is 735. The fourth-order valence-corrected chi connectivity index (χ4v) is 3.52. The maximum atomic E-state index is 11.8. The molecule has 0 bridgehead atoms. The minimum absolute atomic E-state index is 0.00734. The number of primary amides is 1. The summed E-state index contributed by atoms with van der Waals surface area (Å²) in [5.74, 6) is -3.67. The second-order valence-electron chi connectivity index (χ2n) is 8.33. The molecule has 0 unspecified atom stereocenters. The summed E-state index contributed by atoms with van der Waals surface area (Å²) in [4.78, 5) is 46.7. The molecule has 220 valence electrons. The first-order valence-corrected chi connectivity index (χ1v) is 12.1. The van der Waals surface area contributed by atoms with E-state index < -0.39 is 60.4 Å². The van der Waals surface area contributed by atoms with Gasteiger partial charge in [0.05, 0.1) is 58.8 Å². The van der Waals surface area contributed by atoms with Crippen LogP contribution in [-0.2, 0) is 57.1 Å². The fourth-order valence-electron chi connectivity index (χ4n) is 3.52. The molecule has 0 aromatic heterocycles. The molecule has 6 atom stereocenters. The summed E-state index contributed by atoms with van der Waals surface area (Å²) in [5, 5.41) is 17.8. The summed E-state index contributed by atoms with van der Waals surface area (Å²) in [6.07, 6.45) is -5.79. The van der Waals surface area contributed by atoms with Crippen molar-refractivity contribution < 1.29 is 67.3 Å². The largest absolute Gasteiger partial charge is 0.463 e. The maximum absolute atomic E-state index is 11.8. The second kappa shape index (κ2) is 18.8. The van der Waals surface area contributed by atoms with Gasteiger partial charge in [0.15, 0.2) is 12.4 Å². The number of carbonyl (C=O) groups is 4. The Morgan fingerprint density at radius 3 is 1.92 bits per heavy atom. The molecule has 0 aliphatic carbocycles. The molecule has 15 nitrogen and oxygen atoms in total. The van der Waals surface area contributed by atoms with Crippen LogP contribution >= 0.6 is 0 Å². The standard InChI is InChI=1S/C23H39NO14/c1-14(26)35-13-19-22(37-16(3)28)21(36-15(2)27)18(10-20(24)30)23(38-19)34-9-8-32-5-4-31-6-7-33-12-17(29)11-25/h17-19,21-23,25,29H,4-13H2,1-3H3,(H2,24,30)/t17-,18-,19-,21-,22+,23-/m1/s1. The van der Waals surface area contributed by atoms with Crippen LogP contribution in [-0.4, -0.2) is 124 Å². The molecule has 1 fully saturated rings. The van der Waals surface area contributed by atoms with Gasteiger partial charge >= 0.3 is 17.9 Å². The Morgan fingerprint density at radius 2 is 1.39 bits per heavy atom. The van der Waals surface area contributed by atoms with Crippen LogP contribution in [0.1, 0.15) is 27.2 Å². The molecule has 1 rings (SSSR count). The molecule has 4 N–H and O–H groups in total. The van der Waals surface area contributed by atoms with Gasteiger partial charge in [0.2, 0.25) is 5.91 Å². The highest BCUT2D eigenvalue weighted by atomic mass is 16.7. The molecular formula is C23H39NO14. The Hall–Kier alpha value is -2.40. The van der Waals surface area contributed by atoms with E-state index >= 15 is 0 Å². The van der Waals surface area contributed by atoms with E-state index in [2.05, 4.69) is 0 Å². The average molecular weight is 554 g/mol. The predicted molar refractivity (Wildman–Crippen MR) is 125 cm³/mol. The number of esters is 3. The number of hydrogen-bond donors (Lipinski definition) is 3. The van der Waals surface area contributed by atoms with Crippen molar-refractivity contribution in [2.45, 2.75) is 57.9 Å². The summed E-state index contributed by atoms with van der Waals surface area (Å²) in [7, 11) is 0. The Labute approximate surface area is 220 Å². The quantitative estimate of drug-likeness (QED) is 0.0902. The number of amides is 1. The zero-order valence-corrected chi connectivity index (χ0v) is 21.9. The van der Waals surface area contributed by atoms with Crippen LogP contribution in [0.5, 0.6) is 0 Å². The Balaban J connectivity index is 2.68. The van der Waals surface area contributed by atoms with Crippen LogP contribution in [0.25, 0.3) is 0 Å². The lowest BCUT2D eigenvalue weighted by atomic mass is 9.87. The first-order valence-electron chi connectivity index (χ1n) is 12.1. The third-order valence-electron chi connectivity index (χ3n) is 5.04. The normalized spacial score (nSPS) is 23.9. The second-order valence-corrected chi connectivity index (χ2v) is 8.33. The van der Waals surface area contributed by atoms with E-state index in [-0.39, 0.29) is 65.9 Å². The molecule has 15 heteroatoms. The Morgan fingerprint density at radius 1 is 0.842 bits per heavy atom. The highest BCUT2D eigenvalue weighted by Gasteiger charge is 2.51. The van der Waals surface area contributed by atoms with Crippen LogP contribution < -0.4 is 5.73 Å².